The van der Waals surface area contributed by atoms with Gasteiger partial charge in [-0.3, -0.25) is 4.79 Å². The highest BCUT2D eigenvalue weighted by Crippen LogP contribution is 2.16. The van der Waals surface area contributed by atoms with Crippen LogP contribution in [0.4, 0.5) is 15.9 Å². The molecule has 5 nitrogen and oxygen atoms in total. The number of benzene rings is 2. The minimum atomic E-state index is -0.395. The van der Waals surface area contributed by atoms with Gasteiger partial charge in [0.2, 0.25) is 5.55 Å². The first-order valence-corrected chi connectivity index (χ1v) is 8.67. The number of rotatable bonds is 3. The number of fused-ring (bicyclic) bond motifs is 1. The maximum absolute atomic E-state index is 13.2. The number of halogens is 1. The van der Waals surface area contributed by atoms with Crippen LogP contribution in [-0.4, -0.2) is 10.9 Å². The van der Waals surface area contributed by atoms with Gasteiger partial charge in [0.15, 0.2) is 0 Å². The summed E-state index contributed by atoms with van der Waals surface area (Å²) in [4.78, 5) is 21.6. The quantitative estimate of drug-likeness (QED) is 0.563. The first-order chi connectivity index (χ1) is 13.6. The fourth-order valence-electron chi connectivity index (χ4n) is 2.74. The number of nitrogens with zero attached hydrogens (tertiary/aromatic N) is 2. The molecule has 28 heavy (non-hydrogen) atoms. The molecule has 0 saturated heterocycles. The van der Waals surface area contributed by atoms with Gasteiger partial charge < -0.3 is 9.73 Å². The van der Waals surface area contributed by atoms with Gasteiger partial charge in [0.25, 0.3) is 5.91 Å². The number of hydrogen-bond donors (Lipinski definition) is 1. The van der Waals surface area contributed by atoms with Crippen molar-refractivity contribution in [1.29, 1.82) is 0 Å². The molecule has 138 valence electrons. The Morgan fingerprint density at radius 2 is 1.82 bits per heavy atom. The number of carbonyl (C=O) groups excluding carboxylic acids is 1. The van der Waals surface area contributed by atoms with Crippen LogP contribution < -0.4 is 10.9 Å². The molecule has 2 heterocycles. The van der Waals surface area contributed by atoms with Gasteiger partial charge in [-0.2, -0.15) is 0 Å². The second-order valence-electron chi connectivity index (χ2n) is 6.21. The average Bonchev–Trinajstić information content (AvgIpc) is 2.69. The molecule has 1 amide bonds. The number of nitrogens with one attached hydrogen (secondary N) is 1. The average molecular weight is 373 g/mol. The Labute approximate surface area is 160 Å². The summed E-state index contributed by atoms with van der Waals surface area (Å²) in [6.07, 6.45) is 0. The van der Waals surface area contributed by atoms with Crippen LogP contribution in [0.25, 0.3) is 11.0 Å². The van der Waals surface area contributed by atoms with Crippen molar-refractivity contribution >= 4 is 28.4 Å². The van der Waals surface area contributed by atoms with Crippen LogP contribution in [0.3, 0.4) is 0 Å². The third-order valence-corrected chi connectivity index (χ3v) is 4.09. The molecule has 0 atom stereocenters. The second kappa shape index (κ2) is 7.44. The zero-order valence-corrected chi connectivity index (χ0v) is 15.0. The van der Waals surface area contributed by atoms with Crippen molar-refractivity contribution in [3.63, 3.8) is 0 Å². The van der Waals surface area contributed by atoms with Gasteiger partial charge in [-0.15, -0.1) is 0 Å². The van der Waals surface area contributed by atoms with Crippen molar-refractivity contribution in [2.24, 2.45) is 4.99 Å². The van der Waals surface area contributed by atoms with E-state index in [4.69, 9.17) is 4.42 Å². The summed E-state index contributed by atoms with van der Waals surface area (Å²) in [6, 6.07) is 20.1. The van der Waals surface area contributed by atoms with Crippen molar-refractivity contribution < 1.29 is 13.6 Å². The van der Waals surface area contributed by atoms with Crippen molar-refractivity contribution in [2.75, 3.05) is 5.32 Å². The molecule has 2 aromatic carbocycles. The minimum absolute atomic E-state index is 0.135. The summed E-state index contributed by atoms with van der Waals surface area (Å²) in [7, 11) is 0. The van der Waals surface area contributed by atoms with Crippen LogP contribution in [0, 0.1) is 12.7 Å². The van der Waals surface area contributed by atoms with E-state index >= 15 is 0 Å². The molecule has 0 aliphatic carbocycles. The zero-order valence-electron chi connectivity index (χ0n) is 15.0. The second-order valence-corrected chi connectivity index (χ2v) is 6.21. The Morgan fingerprint density at radius 3 is 2.61 bits per heavy atom. The summed E-state index contributed by atoms with van der Waals surface area (Å²) < 4.78 is 19.0. The molecule has 0 unspecified atom stereocenters. The lowest BCUT2D eigenvalue weighted by atomic mass is 10.1. The number of amides is 1. The minimum Gasteiger partial charge on any atom is -0.438 e. The Kier molecular flexibility index (Phi) is 4.68. The summed E-state index contributed by atoms with van der Waals surface area (Å²) >= 11 is 0. The molecule has 0 aliphatic rings. The topological polar surface area (TPSA) is 67.5 Å². The summed E-state index contributed by atoms with van der Waals surface area (Å²) in [5.41, 5.74) is 2.25. The van der Waals surface area contributed by atoms with Gasteiger partial charge >= 0.3 is 0 Å². The van der Waals surface area contributed by atoms with Crippen molar-refractivity contribution in [3.05, 3.63) is 95.4 Å². The maximum Gasteiger partial charge on any atom is 0.262 e. The van der Waals surface area contributed by atoms with Gasteiger partial charge in [0, 0.05) is 11.1 Å². The molecule has 0 fully saturated rings. The van der Waals surface area contributed by atoms with Gasteiger partial charge in [-0.05, 0) is 55.5 Å². The van der Waals surface area contributed by atoms with E-state index in [9.17, 15) is 9.18 Å². The summed E-state index contributed by atoms with van der Waals surface area (Å²) in [5.74, 6) is -0.322. The van der Waals surface area contributed by atoms with Crippen LogP contribution in [0.1, 0.15) is 16.1 Å². The molecule has 0 radical (unpaired) electrons. The molecule has 0 bridgehead atoms. The first-order valence-electron chi connectivity index (χ1n) is 8.67. The fraction of sp³-hybridized carbons (Fsp3) is 0.0455. The van der Waals surface area contributed by atoms with Crippen LogP contribution in [0.2, 0.25) is 0 Å². The predicted octanol–water partition coefficient (Wildman–Crippen LogP) is 4.76. The van der Waals surface area contributed by atoms with Gasteiger partial charge in [-0.25, -0.2) is 14.4 Å². The van der Waals surface area contributed by atoms with Crippen LogP contribution >= 0.6 is 0 Å². The van der Waals surface area contributed by atoms with E-state index < -0.39 is 5.91 Å². The van der Waals surface area contributed by atoms with E-state index in [2.05, 4.69) is 15.3 Å². The van der Waals surface area contributed by atoms with Gasteiger partial charge in [-0.1, -0.05) is 24.3 Å². The van der Waals surface area contributed by atoms with Crippen molar-refractivity contribution in [2.45, 2.75) is 6.92 Å². The Bertz CT molecular complexity index is 1230. The van der Waals surface area contributed by atoms with E-state index in [-0.39, 0.29) is 16.9 Å². The Hall–Kier alpha value is -3.80. The zero-order chi connectivity index (χ0) is 19.5. The lowest BCUT2D eigenvalue weighted by Crippen LogP contribution is -2.22. The molecule has 4 rings (SSSR count). The number of anilines is 1. The number of aromatic nitrogens is 1. The van der Waals surface area contributed by atoms with Crippen molar-refractivity contribution in [1.82, 2.24) is 4.98 Å². The number of aryl methyl sites for hydroxylation is 1. The highest BCUT2D eigenvalue weighted by molar-refractivity contribution is 6.04. The van der Waals surface area contributed by atoms with Crippen LogP contribution in [0.5, 0.6) is 0 Å². The number of pyridine rings is 1. The number of para-hydroxylation sites is 1. The molecule has 1 N–H and O–H groups in total. The smallest absolute Gasteiger partial charge is 0.262 e. The van der Waals surface area contributed by atoms with E-state index in [0.29, 0.717) is 17.1 Å². The van der Waals surface area contributed by atoms with Gasteiger partial charge in [0.05, 0.1) is 5.69 Å². The fourth-order valence-corrected chi connectivity index (χ4v) is 2.74. The molecule has 6 heteroatoms. The van der Waals surface area contributed by atoms with Gasteiger partial charge in [0.1, 0.15) is 22.8 Å². The molecule has 2 aromatic heterocycles. The predicted molar refractivity (Wildman–Crippen MR) is 105 cm³/mol. The van der Waals surface area contributed by atoms with E-state index in [1.165, 1.54) is 24.3 Å². The lowest BCUT2D eigenvalue weighted by molar-refractivity contribution is 0.102. The first kappa shape index (κ1) is 17.6. The normalized spacial score (nSPS) is 11.6. The number of carbonyl (C=O) groups is 1. The monoisotopic (exact) mass is 373 g/mol. The Balaban J connectivity index is 1.83. The summed E-state index contributed by atoms with van der Waals surface area (Å²) in [6.45, 7) is 1.84. The van der Waals surface area contributed by atoms with E-state index in [0.717, 1.165) is 11.1 Å². The largest absolute Gasteiger partial charge is 0.438 e. The Morgan fingerprint density at radius 1 is 1.04 bits per heavy atom. The van der Waals surface area contributed by atoms with Crippen LogP contribution in [0.15, 0.2) is 82.2 Å². The summed E-state index contributed by atoms with van der Waals surface area (Å²) in [5, 5.41) is 3.54. The van der Waals surface area contributed by atoms with Crippen molar-refractivity contribution in [3.8, 4) is 0 Å². The number of hydrogen-bond acceptors (Lipinski definition) is 4. The molecule has 0 spiro atoms. The van der Waals surface area contributed by atoms with E-state index in [1.807, 2.05) is 37.3 Å². The molecular formula is C22H16FN3O2. The van der Waals surface area contributed by atoms with Crippen LogP contribution in [-0.2, 0) is 0 Å². The molecule has 0 aliphatic heterocycles. The molecule has 4 aromatic rings. The highest BCUT2D eigenvalue weighted by Gasteiger charge is 2.13. The van der Waals surface area contributed by atoms with E-state index in [1.54, 1.807) is 18.2 Å². The lowest BCUT2D eigenvalue weighted by Gasteiger charge is -2.07. The standard InChI is InChI=1S/C22H16FN3O2/c1-14-5-4-8-20(24-14)26-21(27)18-13-15-6-2-3-7-19(15)28-22(18)25-17-11-9-16(23)10-12-17/h2-13H,1H3,(H,24,26,27). The third kappa shape index (κ3) is 3.81. The highest BCUT2D eigenvalue weighted by atomic mass is 19.1. The third-order valence-electron chi connectivity index (χ3n) is 4.09. The SMILES string of the molecule is Cc1cccc(NC(=O)c2cc3ccccc3oc2=Nc2ccc(F)cc2)n1. The molecular weight excluding hydrogens is 357 g/mol. The maximum atomic E-state index is 13.2. The molecule has 0 saturated carbocycles.